The minimum Gasteiger partial charge on any atom is -0.383 e. The third-order valence-electron chi connectivity index (χ3n) is 3.07. The topological polar surface area (TPSA) is 53.6 Å². The van der Waals surface area contributed by atoms with Crippen LogP contribution in [0, 0.1) is 6.92 Å². The van der Waals surface area contributed by atoms with Crippen LogP contribution in [0.25, 0.3) is 0 Å². The molecule has 1 aromatic rings. The molecule has 0 bridgehead atoms. The molecule has 1 rings (SSSR count). The number of nitrogens with zero attached hydrogens (tertiary/aromatic N) is 1. The second kappa shape index (κ2) is 9.34. The van der Waals surface area contributed by atoms with Gasteiger partial charge in [-0.15, -0.1) is 0 Å². The Hall–Kier alpha value is -1.59. The number of rotatable bonds is 8. The quantitative estimate of drug-likeness (QED) is 0.716. The van der Waals surface area contributed by atoms with Crippen LogP contribution in [0.2, 0.25) is 0 Å². The molecule has 5 heteroatoms. The largest absolute Gasteiger partial charge is 0.383 e. The highest BCUT2D eigenvalue weighted by Gasteiger charge is 2.03. The van der Waals surface area contributed by atoms with E-state index in [2.05, 4.69) is 15.5 Å². The lowest BCUT2D eigenvalue weighted by molar-refractivity contribution is 0.160. The van der Waals surface area contributed by atoms with Crippen molar-refractivity contribution in [1.29, 1.82) is 0 Å². The number of benzene rings is 1. The van der Waals surface area contributed by atoms with E-state index in [-0.39, 0.29) is 6.03 Å². The molecule has 2 N–H and O–H groups in total. The van der Waals surface area contributed by atoms with Crippen molar-refractivity contribution >= 4 is 11.7 Å². The van der Waals surface area contributed by atoms with Crippen LogP contribution in [0.15, 0.2) is 24.3 Å². The number of aryl methyl sites for hydroxylation is 1. The SMILES string of the molecule is COCCN(C)CCCNC(=O)Nc1ccccc1C. The number of urea groups is 1. The smallest absolute Gasteiger partial charge is 0.319 e. The van der Waals surface area contributed by atoms with Gasteiger partial charge in [-0.2, -0.15) is 0 Å². The van der Waals surface area contributed by atoms with E-state index < -0.39 is 0 Å². The minimum atomic E-state index is -0.154. The van der Waals surface area contributed by atoms with E-state index in [4.69, 9.17) is 4.74 Å². The lowest BCUT2D eigenvalue weighted by Gasteiger charge is -2.16. The lowest BCUT2D eigenvalue weighted by atomic mass is 10.2. The Labute approximate surface area is 121 Å². The second-order valence-corrected chi connectivity index (χ2v) is 4.85. The Kier molecular flexibility index (Phi) is 7.69. The molecular formula is C15H25N3O2. The molecule has 0 fully saturated rings. The molecule has 0 aliphatic carbocycles. The van der Waals surface area contributed by atoms with Crippen LogP contribution in [0.4, 0.5) is 10.5 Å². The number of amides is 2. The fraction of sp³-hybridized carbons (Fsp3) is 0.533. The first-order valence-electron chi connectivity index (χ1n) is 6.91. The Morgan fingerprint density at radius 3 is 2.75 bits per heavy atom. The zero-order chi connectivity index (χ0) is 14.8. The van der Waals surface area contributed by atoms with Gasteiger partial charge in [-0.25, -0.2) is 4.79 Å². The zero-order valence-electron chi connectivity index (χ0n) is 12.6. The van der Waals surface area contributed by atoms with Crippen molar-refractivity contribution in [1.82, 2.24) is 10.2 Å². The number of anilines is 1. The predicted molar refractivity (Wildman–Crippen MR) is 82.2 cm³/mol. The molecule has 0 spiro atoms. The summed E-state index contributed by atoms with van der Waals surface area (Å²) in [4.78, 5) is 13.9. The Bertz CT molecular complexity index is 410. The van der Waals surface area contributed by atoms with E-state index >= 15 is 0 Å². The average molecular weight is 279 g/mol. The summed E-state index contributed by atoms with van der Waals surface area (Å²) in [5, 5.41) is 5.71. The van der Waals surface area contributed by atoms with E-state index in [1.807, 2.05) is 38.2 Å². The van der Waals surface area contributed by atoms with Gasteiger partial charge >= 0.3 is 6.03 Å². The second-order valence-electron chi connectivity index (χ2n) is 4.85. The fourth-order valence-electron chi connectivity index (χ4n) is 1.79. The first kappa shape index (κ1) is 16.5. The monoisotopic (exact) mass is 279 g/mol. The molecule has 0 saturated carbocycles. The van der Waals surface area contributed by atoms with Crippen LogP contribution >= 0.6 is 0 Å². The van der Waals surface area contributed by atoms with Crippen molar-refractivity contribution in [3.63, 3.8) is 0 Å². The van der Waals surface area contributed by atoms with Gasteiger partial charge in [0.2, 0.25) is 0 Å². The van der Waals surface area contributed by atoms with E-state index in [1.54, 1.807) is 7.11 Å². The molecule has 0 aromatic heterocycles. The number of carbonyl (C=O) groups is 1. The highest BCUT2D eigenvalue weighted by molar-refractivity contribution is 5.89. The lowest BCUT2D eigenvalue weighted by Crippen LogP contribution is -2.32. The third kappa shape index (κ3) is 6.54. The molecule has 0 aliphatic heterocycles. The van der Waals surface area contributed by atoms with Crippen molar-refractivity contribution in [3.05, 3.63) is 29.8 Å². The molecule has 5 nitrogen and oxygen atoms in total. The highest BCUT2D eigenvalue weighted by atomic mass is 16.5. The van der Waals surface area contributed by atoms with Crippen LogP contribution in [0.3, 0.4) is 0 Å². The maximum absolute atomic E-state index is 11.7. The first-order chi connectivity index (χ1) is 9.63. The van der Waals surface area contributed by atoms with Gasteiger partial charge in [0.15, 0.2) is 0 Å². The van der Waals surface area contributed by atoms with Gasteiger partial charge in [0.1, 0.15) is 0 Å². The summed E-state index contributed by atoms with van der Waals surface area (Å²) in [6.45, 7) is 5.22. The van der Waals surface area contributed by atoms with Crippen molar-refractivity contribution < 1.29 is 9.53 Å². The summed E-state index contributed by atoms with van der Waals surface area (Å²) in [6.07, 6.45) is 0.918. The Morgan fingerprint density at radius 1 is 1.30 bits per heavy atom. The number of hydrogen-bond donors (Lipinski definition) is 2. The van der Waals surface area contributed by atoms with E-state index in [0.29, 0.717) is 6.54 Å². The number of likely N-dealkylation sites (N-methyl/N-ethyl adjacent to an activating group) is 1. The molecule has 1 aromatic carbocycles. The number of hydrogen-bond acceptors (Lipinski definition) is 3. The van der Waals surface area contributed by atoms with Crippen molar-refractivity contribution in [2.24, 2.45) is 0 Å². The van der Waals surface area contributed by atoms with Gasteiger partial charge in [0.25, 0.3) is 0 Å². The average Bonchev–Trinajstić information content (AvgIpc) is 2.44. The van der Waals surface area contributed by atoms with E-state index in [0.717, 1.165) is 37.4 Å². The van der Waals surface area contributed by atoms with Crippen LogP contribution in [0.5, 0.6) is 0 Å². The highest BCUT2D eigenvalue weighted by Crippen LogP contribution is 2.12. The van der Waals surface area contributed by atoms with Gasteiger partial charge in [0, 0.05) is 25.9 Å². The summed E-state index contributed by atoms with van der Waals surface area (Å²) in [5.74, 6) is 0. The fourth-order valence-corrected chi connectivity index (χ4v) is 1.79. The maximum atomic E-state index is 11.7. The predicted octanol–water partition coefficient (Wildman–Crippen LogP) is 2.08. The van der Waals surface area contributed by atoms with Crippen molar-refractivity contribution in [3.8, 4) is 0 Å². The molecule has 0 saturated heterocycles. The summed E-state index contributed by atoms with van der Waals surface area (Å²) >= 11 is 0. The third-order valence-corrected chi connectivity index (χ3v) is 3.07. The summed E-state index contributed by atoms with van der Waals surface area (Å²) in [6, 6.07) is 7.58. The Balaban J connectivity index is 2.16. The molecular weight excluding hydrogens is 254 g/mol. The minimum absolute atomic E-state index is 0.154. The van der Waals surface area contributed by atoms with Crippen LogP contribution < -0.4 is 10.6 Å². The summed E-state index contributed by atoms with van der Waals surface area (Å²) in [5.41, 5.74) is 1.91. The molecule has 0 unspecified atom stereocenters. The maximum Gasteiger partial charge on any atom is 0.319 e. The number of nitrogens with one attached hydrogen (secondary N) is 2. The van der Waals surface area contributed by atoms with Crippen molar-refractivity contribution in [2.45, 2.75) is 13.3 Å². The van der Waals surface area contributed by atoms with Gasteiger partial charge in [-0.05, 0) is 38.6 Å². The van der Waals surface area contributed by atoms with Crippen LogP contribution in [0.1, 0.15) is 12.0 Å². The van der Waals surface area contributed by atoms with Crippen LogP contribution in [-0.2, 0) is 4.74 Å². The van der Waals surface area contributed by atoms with Gasteiger partial charge in [-0.1, -0.05) is 18.2 Å². The molecule has 0 heterocycles. The number of methoxy groups -OCH3 is 1. The summed E-state index contributed by atoms with van der Waals surface area (Å²) in [7, 11) is 3.75. The van der Waals surface area contributed by atoms with E-state index in [1.165, 1.54) is 0 Å². The molecule has 0 radical (unpaired) electrons. The molecule has 20 heavy (non-hydrogen) atoms. The van der Waals surface area contributed by atoms with Gasteiger partial charge < -0.3 is 20.3 Å². The first-order valence-corrected chi connectivity index (χ1v) is 6.91. The standard InChI is InChI=1S/C15H25N3O2/c1-13-7-4-5-8-14(13)17-15(19)16-9-6-10-18(2)11-12-20-3/h4-5,7-8H,6,9-12H2,1-3H3,(H2,16,17,19). The molecule has 112 valence electrons. The van der Waals surface area contributed by atoms with E-state index in [9.17, 15) is 4.79 Å². The Morgan fingerprint density at radius 2 is 2.05 bits per heavy atom. The number of carbonyl (C=O) groups excluding carboxylic acids is 1. The molecule has 0 atom stereocenters. The van der Waals surface area contributed by atoms with Gasteiger partial charge in [-0.3, -0.25) is 0 Å². The molecule has 2 amide bonds. The summed E-state index contributed by atoms with van der Waals surface area (Å²) < 4.78 is 5.01. The van der Waals surface area contributed by atoms with Gasteiger partial charge in [0.05, 0.1) is 6.61 Å². The number of para-hydroxylation sites is 1. The normalized spacial score (nSPS) is 10.6. The van der Waals surface area contributed by atoms with Crippen LogP contribution in [-0.4, -0.2) is 51.3 Å². The number of ether oxygens (including phenoxy) is 1. The molecule has 0 aliphatic rings. The zero-order valence-corrected chi connectivity index (χ0v) is 12.6. The van der Waals surface area contributed by atoms with Crippen molar-refractivity contribution in [2.75, 3.05) is 45.7 Å².